The van der Waals surface area contributed by atoms with E-state index in [0.29, 0.717) is 12.8 Å². The highest BCUT2D eigenvalue weighted by Crippen LogP contribution is 2.23. The highest BCUT2D eigenvalue weighted by molar-refractivity contribution is 4.66. The van der Waals surface area contributed by atoms with Crippen LogP contribution in [-0.4, -0.2) is 30.5 Å². The predicted molar refractivity (Wildman–Crippen MR) is 44.4 cm³/mol. The molecule has 2 N–H and O–H groups in total. The van der Waals surface area contributed by atoms with Gasteiger partial charge < -0.3 is 10.4 Å². The maximum atomic E-state index is 11.8. The summed E-state index contributed by atoms with van der Waals surface area (Å²) in [7, 11) is 1.75. The minimum Gasteiger partial charge on any atom is -0.384 e. The molecule has 0 aliphatic rings. The molecule has 2 atom stereocenters. The van der Waals surface area contributed by atoms with Crippen molar-refractivity contribution in [3.05, 3.63) is 0 Å². The van der Waals surface area contributed by atoms with Crippen molar-refractivity contribution >= 4 is 0 Å². The van der Waals surface area contributed by atoms with E-state index in [-0.39, 0.29) is 12.5 Å². The van der Waals surface area contributed by atoms with E-state index >= 15 is 0 Å². The molecule has 0 saturated heterocycles. The molecular weight excluding hydrogens is 183 g/mol. The molecule has 0 rings (SSSR count). The van der Waals surface area contributed by atoms with Crippen molar-refractivity contribution in [2.24, 2.45) is 0 Å². The number of halogens is 3. The quantitative estimate of drug-likeness (QED) is 0.706. The summed E-state index contributed by atoms with van der Waals surface area (Å²) in [5.74, 6) is 0. The molecular formula is C8H16F3NO. The van der Waals surface area contributed by atoms with Crippen LogP contribution in [0.25, 0.3) is 0 Å². The zero-order valence-corrected chi connectivity index (χ0v) is 7.86. The van der Waals surface area contributed by atoms with E-state index in [2.05, 4.69) is 5.32 Å². The number of hydrogen-bond acceptors (Lipinski definition) is 2. The Morgan fingerprint density at radius 2 is 1.85 bits per heavy atom. The van der Waals surface area contributed by atoms with E-state index in [1.807, 2.05) is 6.92 Å². The van der Waals surface area contributed by atoms with Gasteiger partial charge in [0.05, 0.1) is 0 Å². The third-order valence-electron chi connectivity index (χ3n) is 1.99. The number of aliphatic hydroxyl groups excluding tert-OH is 1. The maximum absolute atomic E-state index is 11.8. The topological polar surface area (TPSA) is 32.3 Å². The number of nitrogens with one attached hydrogen (secondary N) is 1. The van der Waals surface area contributed by atoms with E-state index in [1.54, 1.807) is 7.05 Å². The molecule has 5 heteroatoms. The van der Waals surface area contributed by atoms with Crippen LogP contribution in [0.4, 0.5) is 13.2 Å². The van der Waals surface area contributed by atoms with Crippen molar-refractivity contribution < 1.29 is 18.3 Å². The normalized spacial score (nSPS) is 17.1. The second-order valence-electron chi connectivity index (χ2n) is 3.18. The maximum Gasteiger partial charge on any atom is 0.414 e. The van der Waals surface area contributed by atoms with Crippen molar-refractivity contribution in [1.82, 2.24) is 5.32 Å². The standard InChI is InChI=1S/C8H16F3NO/c1-6(12-2)4-3-5-7(13)8(9,10)11/h6-7,12-13H,3-5H2,1-2H3. The number of rotatable bonds is 5. The fourth-order valence-electron chi connectivity index (χ4n) is 0.925. The lowest BCUT2D eigenvalue weighted by atomic mass is 10.1. The molecule has 0 saturated carbocycles. The Hall–Kier alpha value is -0.290. The van der Waals surface area contributed by atoms with Crippen LogP contribution in [0.1, 0.15) is 26.2 Å². The largest absolute Gasteiger partial charge is 0.414 e. The van der Waals surface area contributed by atoms with Gasteiger partial charge in [0.15, 0.2) is 0 Å². The van der Waals surface area contributed by atoms with Crippen LogP contribution in [0.5, 0.6) is 0 Å². The van der Waals surface area contributed by atoms with Gasteiger partial charge in [-0.1, -0.05) is 0 Å². The lowest BCUT2D eigenvalue weighted by Gasteiger charge is -2.15. The van der Waals surface area contributed by atoms with E-state index in [1.165, 1.54) is 0 Å². The second-order valence-corrected chi connectivity index (χ2v) is 3.18. The molecule has 0 heterocycles. The average Bonchev–Trinajstić information content (AvgIpc) is 2.02. The molecule has 0 radical (unpaired) electrons. The molecule has 2 nitrogen and oxygen atoms in total. The van der Waals surface area contributed by atoms with Gasteiger partial charge in [-0.15, -0.1) is 0 Å². The molecule has 0 bridgehead atoms. The lowest BCUT2D eigenvalue weighted by Crippen LogP contribution is -2.29. The zero-order chi connectivity index (χ0) is 10.5. The van der Waals surface area contributed by atoms with Gasteiger partial charge in [-0.05, 0) is 33.2 Å². The lowest BCUT2D eigenvalue weighted by molar-refractivity contribution is -0.205. The molecule has 0 aromatic carbocycles. The molecule has 0 aromatic rings. The molecule has 0 amide bonds. The van der Waals surface area contributed by atoms with Gasteiger partial charge in [-0.3, -0.25) is 0 Å². The number of aliphatic hydroxyl groups is 1. The van der Waals surface area contributed by atoms with E-state index in [0.717, 1.165) is 0 Å². The first-order valence-corrected chi connectivity index (χ1v) is 4.30. The van der Waals surface area contributed by atoms with E-state index < -0.39 is 12.3 Å². The van der Waals surface area contributed by atoms with Crippen molar-refractivity contribution in [3.8, 4) is 0 Å². The minimum atomic E-state index is -4.47. The molecule has 2 unspecified atom stereocenters. The minimum absolute atomic E-state index is 0.195. The van der Waals surface area contributed by atoms with Gasteiger partial charge in [-0.25, -0.2) is 0 Å². The molecule has 0 aliphatic carbocycles. The average molecular weight is 199 g/mol. The Morgan fingerprint density at radius 1 is 1.31 bits per heavy atom. The highest BCUT2D eigenvalue weighted by Gasteiger charge is 2.37. The SMILES string of the molecule is CNC(C)CCCC(O)C(F)(F)F. The molecule has 0 aromatic heterocycles. The molecule has 0 fully saturated rings. The third kappa shape index (κ3) is 5.87. The molecule has 0 aliphatic heterocycles. The van der Waals surface area contributed by atoms with Gasteiger partial charge in [-0.2, -0.15) is 13.2 Å². The summed E-state index contributed by atoms with van der Waals surface area (Å²) in [6.07, 6.45) is -5.83. The van der Waals surface area contributed by atoms with Crippen LogP contribution < -0.4 is 5.32 Å². The van der Waals surface area contributed by atoms with Crippen molar-refractivity contribution in [2.75, 3.05) is 7.05 Å². The summed E-state index contributed by atoms with van der Waals surface area (Å²) in [6, 6.07) is 0.195. The van der Waals surface area contributed by atoms with Gasteiger partial charge in [0.25, 0.3) is 0 Å². The first kappa shape index (κ1) is 12.7. The Labute approximate surface area is 76.1 Å². The molecule has 13 heavy (non-hydrogen) atoms. The van der Waals surface area contributed by atoms with Crippen LogP contribution in [0.2, 0.25) is 0 Å². The number of alkyl halides is 3. The molecule has 0 spiro atoms. The Morgan fingerprint density at radius 3 is 2.23 bits per heavy atom. The Kier molecular flexibility index (Phi) is 5.32. The van der Waals surface area contributed by atoms with Gasteiger partial charge in [0.2, 0.25) is 0 Å². The highest BCUT2D eigenvalue weighted by atomic mass is 19.4. The van der Waals surface area contributed by atoms with E-state index in [9.17, 15) is 13.2 Å². The summed E-state index contributed by atoms with van der Waals surface area (Å²) in [4.78, 5) is 0. The predicted octanol–water partition coefficient (Wildman–Crippen LogP) is 1.69. The van der Waals surface area contributed by atoms with Gasteiger partial charge >= 0.3 is 6.18 Å². The fraction of sp³-hybridized carbons (Fsp3) is 1.00. The Bertz CT molecular complexity index is 138. The summed E-state index contributed by atoms with van der Waals surface area (Å²) in [6.45, 7) is 1.89. The summed E-state index contributed by atoms with van der Waals surface area (Å²) < 4.78 is 35.4. The van der Waals surface area contributed by atoms with Gasteiger partial charge in [0.1, 0.15) is 6.10 Å². The van der Waals surface area contributed by atoms with Gasteiger partial charge in [0, 0.05) is 6.04 Å². The Balaban J connectivity index is 3.54. The second kappa shape index (κ2) is 5.44. The van der Waals surface area contributed by atoms with Crippen LogP contribution >= 0.6 is 0 Å². The summed E-state index contributed by atoms with van der Waals surface area (Å²) in [5.41, 5.74) is 0. The van der Waals surface area contributed by atoms with E-state index in [4.69, 9.17) is 5.11 Å². The van der Waals surface area contributed by atoms with Crippen LogP contribution in [0, 0.1) is 0 Å². The van der Waals surface area contributed by atoms with Crippen molar-refractivity contribution in [1.29, 1.82) is 0 Å². The summed E-state index contributed by atoms with van der Waals surface area (Å²) in [5, 5.41) is 11.5. The third-order valence-corrected chi connectivity index (χ3v) is 1.99. The van der Waals surface area contributed by atoms with Crippen molar-refractivity contribution in [2.45, 2.75) is 44.5 Å². The first-order valence-electron chi connectivity index (χ1n) is 4.30. The fourth-order valence-corrected chi connectivity index (χ4v) is 0.925. The number of hydrogen-bond donors (Lipinski definition) is 2. The first-order chi connectivity index (χ1) is 5.88. The summed E-state index contributed by atoms with van der Waals surface area (Å²) >= 11 is 0. The monoisotopic (exact) mass is 199 g/mol. The zero-order valence-electron chi connectivity index (χ0n) is 7.86. The van der Waals surface area contributed by atoms with Crippen molar-refractivity contribution in [3.63, 3.8) is 0 Å². The smallest absolute Gasteiger partial charge is 0.384 e. The molecule has 80 valence electrons. The van der Waals surface area contributed by atoms with Crippen LogP contribution in [0.15, 0.2) is 0 Å². The van der Waals surface area contributed by atoms with Crippen LogP contribution in [-0.2, 0) is 0 Å². The van der Waals surface area contributed by atoms with Crippen LogP contribution in [0.3, 0.4) is 0 Å².